The number of anilines is 1. The van der Waals surface area contributed by atoms with Gasteiger partial charge in [-0.15, -0.1) is 11.3 Å². The highest BCUT2D eigenvalue weighted by molar-refractivity contribution is 7.14. The summed E-state index contributed by atoms with van der Waals surface area (Å²) in [6.07, 6.45) is 1.98. The zero-order valence-electron chi connectivity index (χ0n) is 17.7. The molecule has 0 bridgehead atoms. The van der Waals surface area contributed by atoms with Gasteiger partial charge in [0.15, 0.2) is 11.7 Å². The van der Waals surface area contributed by atoms with Gasteiger partial charge in [0, 0.05) is 17.6 Å². The van der Waals surface area contributed by atoms with E-state index >= 15 is 0 Å². The van der Waals surface area contributed by atoms with Crippen LogP contribution in [0.3, 0.4) is 0 Å². The quantitative estimate of drug-likeness (QED) is 0.509. The highest BCUT2D eigenvalue weighted by atomic mass is 32.1. The molecule has 3 aromatic rings. The average Bonchev–Trinajstić information content (AvgIpc) is 3.49. The standard InChI is InChI=1S/C24H26N2O4S/c1-17-6-3-4-8-22(17)30-15-23(27)26(14-20-7-5-13-29-20)24-25-21(16-31-24)18-9-11-19(28-2)12-10-18/h3-4,6,8-12,16,20H,5,7,13-15H2,1-2H3/t20-/m1/s1. The van der Waals surface area contributed by atoms with Gasteiger partial charge < -0.3 is 14.2 Å². The van der Waals surface area contributed by atoms with E-state index in [2.05, 4.69) is 0 Å². The number of hydrogen-bond donors (Lipinski definition) is 0. The zero-order chi connectivity index (χ0) is 21.6. The number of nitrogens with zero attached hydrogens (tertiary/aromatic N) is 2. The summed E-state index contributed by atoms with van der Waals surface area (Å²) < 4.78 is 16.8. The van der Waals surface area contributed by atoms with Gasteiger partial charge in [-0.2, -0.15) is 0 Å². The lowest BCUT2D eigenvalue weighted by Crippen LogP contribution is -2.40. The van der Waals surface area contributed by atoms with Crippen LogP contribution in [0.4, 0.5) is 5.13 Å². The van der Waals surface area contributed by atoms with Crippen LogP contribution < -0.4 is 14.4 Å². The highest BCUT2D eigenvalue weighted by Crippen LogP contribution is 2.30. The number of thiazole rings is 1. The van der Waals surface area contributed by atoms with Crippen molar-refractivity contribution in [3.8, 4) is 22.8 Å². The van der Waals surface area contributed by atoms with Gasteiger partial charge in [0.05, 0.1) is 25.5 Å². The first kappa shape index (κ1) is 21.3. The van der Waals surface area contributed by atoms with Crippen molar-refractivity contribution in [2.24, 2.45) is 0 Å². The lowest BCUT2D eigenvalue weighted by molar-refractivity contribution is -0.120. The number of aromatic nitrogens is 1. The molecule has 2 aromatic carbocycles. The number of amides is 1. The Labute approximate surface area is 186 Å². The smallest absolute Gasteiger partial charge is 0.266 e. The number of aryl methyl sites for hydroxylation is 1. The fourth-order valence-electron chi connectivity index (χ4n) is 3.50. The molecule has 1 fully saturated rings. The first-order valence-corrected chi connectivity index (χ1v) is 11.2. The third-order valence-electron chi connectivity index (χ3n) is 5.26. The summed E-state index contributed by atoms with van der Waals surface area (Å²) in [6, 6.07) is 15.4. The molecule has 0 saturated carbocycles. The molecule has 0 spiro atoms. The number of rotatable bonds is 8. The SMILES string of the molecule is COc1ccc(-c2csc(N(C[C@H]3CCCO3)C(=O)COc3ccccc3C)n2)cc1. The van der Waals surface area contributed by atoms with E-state index in [9.17, 15) is 4.79 Å². The molecule has 7 heteroatoms. The Morgan fingerprint density at radius 1 is 1.23 bits per heavy atom. The molecule has 2 heterocycles. The van der Waals surface area contributed by atoms with E-state index in [1.54, 1.807) is 12.0 Å². The van der Waals surface area contributed by atoms with Crippen molar-refractivity contribution in [3.63, 3.8) is 0 Å². The summed E-state index contributed by atoms with van der Waals surface area (Å²) in [6.45, 7) is 3.13. The molecule has 4 rings (SSSR count). The van der Waals surface area contributed by atoms with Crippen molar-refractivity contribution < 1.29 is 19.0 Å². The summed E-state index contributed by atoms with van der Waals surface area (Å²) in [5.41, 5.74) is 2.80. The maximum Gasteiger partial charge on any atom is 0.266 e. The van der Waals surface area contributed by atoms with Gasteiger partial charge >= 0.3 is 0 Å². The van der Waals surface area contributed by atoms with Crippen LogP contribution in [-0.4, -0.2) is 43.9 Å². The number of carbonyl (C=O) groups excluding carboxylic acids is 1. The minimum absolute atomic E-state index is 0.0238. The summed E-state index contributed by atoms with van der Waals surface area (Å²) in [7, 11) is 1.64. The van der Waals surface area contributed by atoms with Crippen LogP contribution in [0.25, 0.3) is 11.3 Å². The van der Waals surface area contributed by atoms with E-state index in [1.165, 1.54) is 11.3 Å². The van der Waals surface area contributed by atoms with Gasteiger partial charge in [0.2, 0.25) is 0 Å². The molecule has 0 radical (unpaired) electrons. The predicted molar refractivity (Wildman–Crippen MR) is 122 cm³/mol. The minimum atomic E-state index is -0.130. The Balaban J connectivity index is 1.52. The van der Waals surface area contributed by atoms with E-state index in [4.69, 9.17) is 19.2 Å². The van der Waals surface area contributed by atoms with E-state index in [0.717, 1.165) is 42.0 Å². The molecule has 1 aliphatic heterocycles. The molecule has 0 unspecified atom stereocenters. The van der Waals surface area contributed by atoms with Crippen LogP contribution in [0.2, 0.25) is 0 Å². The van der Waals surface area contributed by atoms with E-state index in [0.29, 0.717) is 17.4 Å². The van der Waals surface area contributed by atoms with Crippen LogP contribution in [0, 0.1) is 6.92 Å². The number of hydrogen-bond acceptors (Lipinski definition) is 6. The van der Waals surface area contributed by atoms with Crippen LogP contribution in [0.5, 0.6) is 11.5 Å². The van der Waals surface area contributed by atoms with Gasteiger partial charge in [0.1, 0.15) is 11.5 Å². The molecule has 1 saturated heterocycles. The molecule has 0 aliphatic carbocycles. The molecule has 31 heavy (non-hydrogen) atoms. The van der Waals surface area contributed by atoms with Crippen molar-refractivity contribution in [2.75, 3.05) is 31.8 Å². The number of methoxy groups -OCH3 is 1. The number of ether oxygens (including phenoxy) is 3. The molecule has 162 valence electrons. The molecule has 1 aliphatic rings. The van der Waals surface area contributed by atoms with Crippen LogP contribution in [0.1, 0.15) is 18.4 Å². The molecule has 1 amide bonds. The maximum atomic E-state index is 13.1. The van der Waals surface area contributed by atoms with Gasteiger partial charge in [-0.3, -0.25) is 9.69 Å². The van der Waals surface area contributed by atoms with Gasteiger partial charge in [-0.05, 0) is 55.7 Å². The van der Waals surface area contributed by atoms with Crippen molar-refractivity contribution >= 4 is 22.4 Å². The molecule has 0 N–H and O–H groups in total. The first-order chi connectivity index (χ1) is 15.1. The van der Waals surface area contributed by atoms with Crippen LogP contribution >= 0.6 is 11.3 Å². The van der Waals surface area contributed by atoms with Gasteiger partial charge in [-0.1, -0.05) is 18.2 Å². The summed E-state index contributed by atoms with van der Waals surface area (Å²) in [4.78, 5) is 19.6. The summed E-state index contributed by atoms with van der Waals surface area (Å²) in [5, 5.41) is 2.62. The predicted octanol–water partition coefficient (Wildman–Crippen LogP) is 4.72. The third-order valence-corrected chi connectivity index (χ3v) is 6.13. The molecular weight excluding hydrogens is 412 g/mol. The Morgan fingerprint density at radius 3 is 2.74 bits per heavy atom. The lowest BCUT2D eigenvalue weighted by atomic mass is 10.2. The monoisotopic (exact) mass is 438 g/mol. The maximum absolute atomic E-state index is 13.1. The topological polar surface area (TPSA) is 60.9 Å². The summed E-state index contributed by atoms with van der Waals surface area (Å²) >= 11 is 1.45. The van der Waals surface area contributed by atoms with Gasteiger partial charge in [0.25, 0.3) is 5.91 Å². The zero-order valence-corrected chi connectivity index (χ0v) is 18.6. The molecule has 6 nitrogen and oxygen atoms in total. The second-order valence-electron chi connectivity index (χ2n) is 7.44. The van der Waals surface area contributed by atoms with Crippen LogP contribution in [0.15, 0.2) is 53.9 Å². The third kappa shape index (κ3) is 5.24. The second-order valence-corrected chi connectivity index (χ2v) is 8.27. The molecule has 1 atom stereocenters. The van der Waals surface area contributed by atoms with Gasteiger partial charge in [-0.25, -0.2) is 4.98 Å². The van der Waals surface area contributed by atoms with E-state index < -0.39 is 0 Å². The van der Waals surface area contributed by atoms with E-state index in [1.807, 2.05) is 60.8 Å². The Morgan fingerprint density at radius 2 is 2.03 bits per heavy atom. The Bertz CT molecular complexity index is 1010. The number of carbonyl (C=O) groups is 1. The number of para-hydroxylation sites is 1. The van der Waals surface area contributed by atoms with Crippen molar-refractivity contribution in [2.45, 2.75) is 25.9 Å². The fourth-order valence-corrected chi connectivity index (χ4v) is 4.36. The largest absolute Gasteiger partial charge is 0.497 e. The van der Waals surface area contributed by atoms with E-state index in [-0.39, 0.29) is 18.6 Å². The molecule has 1 aromatic heterocycles. The number of benzene rings is 2. The van der Waals surface area contributed by atoms with Crippen LogP contribution in [-0.2, 0) is 9.53 Å². The second kappa shape index (κ2) is 9.94. The normalized spacial score (nSPS) is 15.6. The Hall–Kier alpha value is -2.90. The van der Waals surface area contributed by atoms with Crippen molar-refractivity contribution in [1.29, 1.82) is 0 Å². The average molecular weight is 439 g/mol. The molecular formula is C24H26N2O4S. The highest BCUT2D eigenvalue weighted by Gasteiger charge is 2.26. The van der Waals surface area contributed by atoms with Crippen molar-refractivity contribution in [1.82, 2.24) is 4.98 Å². The summed E-state index contributed by atoms with van der Waals surface area (Å²) in [5.74, 6) is 1.38. The lowest BCUT2D eigenvalue weighted by Gasteiger charge is -2.23. The minimum Gasteiger partial charge on any atom is -0.497 e. The fraction of sp³-hybridized carbons (Fsp3) is 0.333. The van der Waals surface area contributed by atoms with Crippen molar-refractivity contribution in [3.05, 3.63) is 59.5 Å². The Kier molecular flexibility index (Phi) is 6.84. The first-order valence-electron chi connectivity index (χ1n) is 10.3.